The fourth-order valence-electron chi connectivity index (χ4n) is 4.09. The number of hydrogen-bond acceptors (Lipinski definition) is 5. The van der Waals surface area contributed by atoms with Crippen LogP contribution in [0.25, 0.3) is 0 Å². The standard InChI is InChI=1S/C25H28ClNO4Si/c1-15-20(23(28)30-5)22(18-13-9-10-14-19(18)26)21(16(2)27-15)24(29)31-25(3,4)32-17-11-7-6-8-12-17/h6-14,22,27H,32H2,1-5H3. The van der Waals surface area contributed by atoms with Gasteiger partial charge in [-0.15, -0.1) is 0 Å². The van der Waals surface area contributed by atoms with Gasteiger partial charge in [-0.2, -0.15) is 0 Å². The lowest BCUT2D eigenvalue weighted by Gasteiger charge is -2.33. The predicted molar refractivity (Wildman–Crippen MR) is 130 cm³/mol. The first-order valence-corrected chi connectivity index (χ1v) is 12.2. The van der Waals surface area contributed by atoms with Gasteiger partial charge in [-0.1, -0.05) is 65.3 Å². The van der Waals surface area contributed by atoms with Gasteiger partial charge < -0.3 is 14.8 Å². The van der Waals surface area contributed by atoms with Crippen LogP contribution in [-0.4, -0.2) is 33.8 Å². The van der Waals surface area contributed by atoms with Crippen LogP contribution in [0.5, 0.6) is 0 Å². The Kier molecular flexibility index (Phi) is 7.26. The average molecular weight is 470 g/mol. The van der Waals surface area contributed by atoms with Gasteiger partial charge in [0, 0.05) is 16.4 Å². The number of rotatable bonds is 6. The molecule has 0 saturated carbocycles. The summed E-state index contributed by atoms with van der Waals surface area (Å²) in [4.78, 5) is 26.3. The van der Waals surface area contributed by atoms with Gasteiger partial charge >= 0.3 is 11.9 Å². The van der Waals surface area contributed by atoms with Gasteiger partial charge in [-0.3, -0.25) is 0 Å². The summed E-state index contributed by atoms with van der Waals surface area (Å²) in [6, 6.07) is 17.3. The lowest BCUT2D eigenvalue weighted by Crippen LogP contribution is -2.43. The number of carbonyl (C=O) groups excluding carboxylic acids is 2. The summed E-state index contributed by atoms with van der Waals surface area (Å²) in [5.74, 6) is -1.68. The highest BCUT2D eigenvalue weighted by Gasteiger charge is 2.40. The number of carbonyl (C=O) groups is 2. The Balaban J connectivity index is 2.02. The van der Waals surface area contributed by atoms with Crippen LogP contribution >= 0.6 is 11.6 Å². The van der Waals surface area contributed by atoms with Crippen molar-refractivity contribution in [2.24, 2.45) is 0 Å². The Labute approximate surface area is 196 Å². The summed E-state index contributed by atoms with van der Waals surface area (Å²) in [6.45, 7) is 7.46. The summed E-state index contributed by atoms with van der Waals surface area (Å²) < 4.78 is 11.1. The normalized spacial score (nSPS) is 16.9. The molecule has 0 radical (unpaired) electrons. The first-order chi connectivity index (χ1) is 15.1. The van der Waals surface area contributed by atoms with Crippen molar-refractivity contribution in [1.82, 2.24) is 5.32 Å². The number of esters is 2. The number of halogens is 1. The lowest BCUT2D eigenvalue weighted by atomic mass is 9.80. The summed E-state index contributed by atoms with van der Waals surface area (Å²) in [5.41, 5.74) is 2.60. The number of benzene rings is 2. The topological polar surface area (TPSA) is 64.6 Å². The fraction of sp³-hybridized carbons (Fsp3) is 0.280. The second-order valence-electron chi connectivity index (χ2n) is 8.46. The van der Waals surface area contributed by atoms with Gasteiger partial charge in [0.15, 0.2) is 0 Å². The van der Waals surface area contributed by atoms with Crippen molar-refractivity contribution in [1.29, 1.82) is 0 Å². The molecule has 0 aliphatic carbocycles. The molecule has 0 spiro atoms. The van der Waals surface area contributed by atoms with Crippen molar-refractivity contribution in [2.75, 3.05) is 7.11 Å². The largest absolute Gasteiger partial charge is 0.466 e. The molecule has 1 aliphatic heterocycles. The number of ether oxygens (including phenoxy) is 2. The maximum Gasteiger partial charge on any atom is 0.336 e. The van der Waals surface area contributed by atoms with Crippen molar-refractivity contribution in [3.63, 3.8) is 0 Å². The minimum atomic E-state index is -0.926. The van der Waals surface area contributed by atoms with E-state index in [0.29, 0.717) is 33.1 Å². The molecule has 1 heterocycles. The van der Waals surface area contributed by atoms with Crippen LogP contribution in [0, 0.1) is 0 Å². The molecule has 1 atom stereocenters. The van der Waals surface area contributed by atoms with Gasteiger partial charge in [-0.25, -0.2) is 9.59 Å². The highest BCUT2D eigenvalue weighted by Crippen LogP contribution is 2.42. The molecule has 1 N–H and O–H groups in total. The fourth-order valence-corrected chi connectivity index (χ4v) is 6.03. The average Bonchev–Trinajstić information content (AvgIpc) is 2.73. The molecule has 0 amide bonds. The first-order valence-electron chi connectivity index (χ1n) is 10.4. The van der Waals surface area contributed by atoms with Crippen LogP contribution in [0.4, 0.5) is 0 Å². The van der Waals surface area contributed by atoms with Crippen molar-refractivity contribution in [2.45, 2.75) is 38.8 Å². The number of methoxy groups -OCH3 is 1. The molecular weight excluding hydrogens is 442 g/mol. The third kappa shape index (κ3) is 5.14. The minimum Gasteiger partial charge on any atom is -0.466 e. The molecule has 2 aromatic carbocycles. The van der Waals surface area contributed by atoms with Gasteiger partial charge in [0.2, 0.25) is 0 Å². The Bertz CT molecular complexity index is 1090. The minimum absolute atomic E-state index is 0.344. The Morgan fingerprint density at radius 3 is 2.09 bits per heavy atom. The van der Waals surface area contributed by atoms with E-state index >= 15 is 0 Å². The number of hydrogen-bond donors (Lipinski definition) is 1. The molecule has 2 aromatic rings. The van der Waals surface area contributed by atoms with Gasteiger partial charge in [0.05, 0.1) is 29.4 Å². The smallest absolute Gasteiger partial charge is 0.336 e. The van der Waals surface area contributed by atoms with E-state index in [0.717, 1.165) is 0 Å². The molecule has 0 fully saturated rings. The van der Waals surface area contributed by atoms with Crippen molar-refractivity contribution in [3.05, 3.63) is 87.7 Å². The van der Waals surface area contributed by atoms with E-state index < -0.39 is 32.6 Å². The molecule has 168 valence electrons. The molecule has 3 rings (SSSR count). The second-order valence-corrected chi connectivity index (χ2v) is 11.7. The number of nitrogens with one attached hydrogen (secondary N) is 1. The Hall–Kier alpha value is -2.83. The Morgan fingerprint density at radius 1 is 0.938 bits per heavy atom. The van der Waals surface area contributed by atoms with Crippen molar-refractivity contribution >= 4 is 38.2 Å². The van der Waals surface area contributed by atoms with E-state index in [-0.39, 0.29) is 0 Å². The molecule has 32 heavy (non-hydrogen) atoms. The maximum absolute atomic E-state index is 13.6. The zero-order valence-corrected chi connectivity index (χ0v) is 21.2. The first kappa shape index (κ1) is 23.8. The summed E-state index contributed by atoms with van der Waals surface area (Å²) >= 11 is 6.51. The van der Waals surface area contributed by atoms with Crippen LogP contribution in [0.15, 0.2) is 77.1 Å². The quantitative estimate of drug-likeness (QED) is 0.518. The van der Waals surface area contributed by atoms with E-state index in [9.17, 15) is 9.59 Å². The molecule has 0 saturated heterocycles. The molecule has 1 unspecified atom stereocenters. The van der Waals surface area contributed by atoms with Gasteiger partial charge in [0.25, 0.3) is 0 Å². The van der Waals surface area contributed by atoms with Gasteiger partial charge in [-0.05, 0) is 39.3 Å². The van der Waals surface area contributed by atoms with Crippen molar-refractivity contribution in [3.8, 4) is 0 Å². The van der Waals surface area contributed by atoms with Crippen LogP contribution in [-0.2, 0) is 19.1 Å². The number of dihydropyridines is 1. The maximum atomic E-state index is 13.6. The summed E-state index contributed by atoms with van der Waals surface area (Å²) in [6.07, 6.45) is 0. The lowest BCUT2D eigenvalue weighted by molar-refractivity contribution is -0.145. The SMILES string of the molecule is COC(=O)C1=C(C)NC(C)=C(C(=O)OC(C)(C)[SiH2]c2ccccc2)C1c1ccccc1Cl. The van der Waals surface area contributed by atoms with E-state index in [1.54, 1.807) is 19.9 Å². The van der Waals surface area contributed by atoms with Crippen LogP contribution in [0.2, 0.25) is 5.02 Å². The zero-order valence-electron chi connectivity index (χ0n) is 19.0. The predicted octanol–water partition coefficient (Wildman–Crippen LogP) is 3.52. The zero-order chi connectivity index (χ0) is 23.5. The molecular formula is C25H28ClNO4Si. The molecule has 0 bridgehead atoms. The van der Waals surface area contributed by atoms with E-state index in [4.69, 9.17) is 21.1 Å². The van der Waals surface area contributed by atoms with Crippen LogP contribution < -0.4 is 10.5 Å². The summed E-state index contributed by atoms with van der Waals surface area (Å²) in [7, 11) is 0.398. The highest BCUT2D eigenvalue weighted by molar-refractivity contribution is 6.56. The molecule has 5 nitrogen and oxygen atoms in total. The highest BCUT2D eigenvalue weighted by atomic mass is 35.5. The monoisotopic (exact) mass is 469 g/mol. The second kappa shape index (κ2) is 9.75. The number of allylic oxidation sites excluding steroid dienone is 2. The summed E-state index contributed by atoms with van der Waals surface area (Å²) in [5, 5.41) is 4.19. The van der Waals surface area contributed by atoms with Crippen LogP contribution in [0.1, 0.15) is 39.2 Å². The van der Waals surface area contributed by atoms with Gasteiger partial charge in [0.1, 0.15) is 9.52 Å². The Morgan fingerprint density at radius 2 is 1.50 bits per heavy atom. The third-order valence-electron chi connectivity index (χ3n) is 5.44. The third-order valence-corrected chi connectivity index (χ3v) is 7.66. The molecule has 7 heteroatoms. The van der Waals surface area contributed by atoms with E-state index in [1.807, 2.05) is 50.2 Å². The van der Waals surface area contributed by atoms with E-state index in [1.165, 1.54) is 12.3 Å². The molecule has 0 aromatic heterocycles. The van der Waals surface area contributed by atoms with Crippen LogP contribution in [0.3, 0.4) is 0 Å². The molecule has 1 aliphatic rings. The van der Waals surface area contributed by atoms with Crippen molar-refractivity contribution < 1.29 is 19.1 Å². The van der Waals surface area contributed by atoms with E-state index in [2.05, 4.69) is 17.4 Å².